The standard InChI is InChI=1S/C17H20O/c1-12(2)15-5-4-6-16(10-15)17-9-14(11-18)8-7-13(17)3/h4-10,12,18H,11H2,1-3H3. The molecule has 0 heterocycles. The molecule has 0 saturated carbocycles. The van der Waals surface area contributed by atoms with E-state index in [1.54, 1.807) is 0 Å². The number of aliphatic hydroxyl groups excluding tert-OH is 1. The molecule has 2 aromatic carbocycles. The van der Waals surface area contributed by atoms with Gasteiger partial charge < -0.3 is 5.11 Å². The van der Waals surface area contributed by atoms with Gasteiger partial charge in [0.25, 0.3) is 0 Å². The van der Waals surface area contributed by atoms with Crippen LogP contribution in [0.3, 0.4) is 0 Å². The van der Waals surface area contributed by atoms with Gasteiger partial charge in [-0.1, -0.05) is 50.2 Å². The molecule has 0 spiro atoms. The normalized spacial score (nSPS) is 10.9. The van der Waals surface area contributed by atoms with Crippen LogP contribution in [0.1, 0.15) is 36.5 Å². The van der Waals surface area contributed by atoms with Crippen LogP contribution in [0.4, 0.5) is 0 Å². The predicted octanol–water partition coefficient (Wildman–Crippen LogP) is 4.28. The molecule has 0 fully saturated rings. The Morgan fingerprint density at radius 2 is 1.83 bits per heavy atom. The minimum Gasteiger partial charge on any atom is -0.392 e. The zero-order valence-electron chi connectivity index (χ0n) is 11.3. The highest BCUT2D eigenvalue weighted by Crippen LogP contribution is 2.27. The second-order valence-corrected chi connectivity index (χ2v) is 5.09. The molecule has 0 aromatic heterocycles. The first kappa shape index (κ1) is 12.8. The lowest BCUT2D eigenvalue weighted by molar-refractivity contribution is 0.282. The third-order valence-electron chi connectivity index (χ3n) is 3.35. The first-order valence-electron chi connectivity index (χ1n) is 6.42. The molecule has 1 N–H and O–H groups in total. The van der Waals surface area contributed by atoms with Gasteiger partial charge in [0.15, 0.2) is 0 Å². The van der Waals surface area contributed by atoms with Gasteiger partial charge in [-0.3, -0.25) is 0 Å². The molecular weight excluding hydrogens is 220 g/mol. The molecule has 0 aliphatic rings. The molecule has 0 atom stereocenters. The van der Waals surface area contributed by atoms with E-state index in [2.05, 4.69) is 57.2 Å². The van der Waals surface area contributed by atoms with Crippen LogP contribution in [-0.4, -0.2) is 5.11 Å². The van der Waals surface area contributed by atoms with E-state index in [0.29, 0.717) is 5.92 Å². The number of aliphatic hydroxyl groups is 1. The van der Waals surface area contributed by atoms with Crippen molar-refractivity contribution in [3.63, 3.8) is 0 Å². The van der Waals surface area contributed by atoms with Crippen LogP contribution in [0, 0.1) is 6.92 Å². The van der Waals surface area contributed by atoms with E-state index in [4.69, 9.17) is 0 Å². The van der Waals surface area contributed by atoms with E-state index >= 15 is 0 Å². The topological polar surface area (TPSA) is 20.2 Å². The Morgan fingerprint density at radius 3 is 2.50 bits per heavy atom. The third kappa shape index (κ3) is 2.62. The van der Waals surface area contributed by atoms with Gasteiger partial charge in [-0.15, -0.1) is 0 Å². The number of hydrogen-bond acceptors (Lipinski definition) is 1. The van der Waals surface area contributed by atoms with Gasteiger partial charge in [-0.2, -0.15) is 0 Å². The Balaban J connectivity index is 2.50. The van der Waals surface area contributed by atoms with Crippen molar-refractivity contribution >= 4 is 0 Å². The average Bonchev–Trinajstić information content (AvgIpc) is 2.39. The summed E-state index contributed by atoms with van der Waals surface area (Å²) < 4.78 is 0. The molecule has 0 saturated heterocycles. The summed E-state index contributed by atoms with van der Waals surface area (Å²) in [5.74, 6) is 0.534. The van der Waals surface area contributed by atoms with Gasteiger partial charge in [0.2, 0.25) is 0 Å². The summed E-state index contributed by atoms with van der Waals surface area (Å²) in [4.78, 5) is 0. The summed E-state index contributed by atoms with van der Waals surface area (Å²) in [5, 5.41) is 9.24. The molecule has 0 unspecified atom stereocenters. The first-order valence-corrected chi connectivity index (χ1v) is 6.42. The average molecular weight is 240 g/mol. The molecule has 1 heteroatoms. The van der Waals surface area contributed by atoms with Crippen molar-refractivity contribution < 1.29 is 5.11 Å². The molecule has 1 nitrogen and oxygen atoms in total. The van der Waals surface area contributed by atoms with Crippen LogP contribution in [0.25, 0.3) is 11.1 Å². The van der Waals surface area contributed by atoms with Crippen LogP contribution in [-0.2, 0) is 6.61 Å². The zero-order valence-corrected chi connectivity index (χ0v) is 11.3. The summed E-state index contributed by atoms with van der Waals surface area (Å²) in [5.41, 5.74) is 6.00. The van der Waals surface area contributed by atoms with Crippen molar-refractivity contribution in [3.8, 4) is 11.1 Å². The third-order valence-corrected chi connectivity index (χ3v) is 3.35. The first-order chi connectivity index (χ1) is 8.61. The molecule has 2 rings (SSSR count). The Labute approximate surface area is 109 Å². The van der Waals surface area contributed by atoms with Crippen LogP contribution in [0.2, 0.25) is 0 Å². The monoisotopic (exact) mass is 240 g/mol. The van der Waals surface area contributed by atoms with E-state index < -0.39 is 0 Å². The predicted molar refractivity (Wildman–Crippen MR) is 76.6 cm³/mol. The SMILES string of the molecule is Cc1ccc(CO)cc1-c1cccc(C(C)C)c1. The summed E-state index contributed by atoms with van der Waals surface area (Å²) in [6.07, 6.45) is 0. The summed E-state index contributed by atoms with van der Waals surface area (Å²) in [6, 6.07) is 14.8. The van der Waals surface area contributed by atoms with Gasteiger partial charge in [0.05, 0.1) is 6.61 Å². The van der Waals surface area contributed by atoms with E-state index in [1.807, 2.05) is 6.07 Å². The lowest BCUT2D eigenvalue weighted by Gasteiger charge is -2.11. The van der Waals surface area contributed by atoms with E-state index in [-0.39, 0.29) is 6.61 Å². The van der Waals surface area contributed by atoms with E-state index in [1.165, 1.54) is 22.3 Å². The highest BCUT2D eigenvalue weighted by molar-refractivity contribution is 5.68. The van der Waals surface area contributed by atoms with Crippen molar-refractivity contribution in [2.24, 2.45) is 0 Å². The largest absolute Gasteiger partial charge is 0.392 e. The Morgan fingerprint density at radius 1 is 1.06 bits per heavy atom. The Kier molecular flexibility index (Phi) is 3.83. The molecule has 0 bridgehead atoms. The van der Waals surface area contributed by atoms with Crippen LogP contribution >= 0.6 is 0 Å². The fourth-order valence-corrected chi connectivity index (χ4v) is 2.14. The second kappa shape index (κ2) is 5.36. The lowest BCUT2D eigenvalue weighted by Crippen LogP contribution is -1.91. The summed E-state index contributed by atoms with van der Waals surface area (Å²) in [7, 11) is 0. The minimum absolute atomic E-state index is 0.0944. The number of hydrogen-bond donors (Lipinski definition) is 1. The summed E-state index contributed by atoms with van der Waals surface area (Å²) in [6.45, 7) is 6.61. The molecular formula is C17H20O. The number of rotatable bonds is 3. The minimum atomic E-state index is 0.0944. The second-order valence-electron chi connectivity index (χ2n) is 5.09. The van der Waals surface area contributed by atoms with Gasteiger partial charge in [0.1, 0.15) is 0 Å². The maximum Gasteiger partial charge on any atom is 0.0682 e. The van der Waals surface area contributed by atoms with E-state index in [0.717, 1.165) is 5.56 Å². The molecule has 94 valence electrons. The summed E-state index contributed by atoms with van der Waals surface area (Å²) >= 11 is 0. The smallest absolute Gasteiger partial charge is 0.0682 e. The maximum absolute atomic E-state index is 9.24. The van der Waals surface area contributed by atoms with Crippen LogP contribution < -0.4 is 0 Å². The van der Waals surface area contributed by atoms with Crippen molar-refractivity contribution in [3.05, 3.63) is 59.2 Å². The number of benzene rings is 2. The van der Waals surface area contributed by atoms with E-state index in [9.17, 15) is 5.11 Å². The maximum atomic E-state index is 9.24. The lowest BCUT2D eigenvalue weighted by atomic mass is 9.94. The zero-order chi connectivity index (χ0) is 13.1. The molecule has 0 aliphatic carbocycles. The molecule has 0 radical (unpaired) electrons. The fraction of sp³-hybridized carbons (Fsp3) is 0.294. The highest BCUT2D eigenvalue weighted by atomic mass is 16.3. The molecule has 2 aromatic rings. The Hall–Kier alpha value is -1.60. The van der Waals surface area contributed by atoms with Gasteiger partial charge in [-0.05, 0) is 46.7 Å². The van der Waals surface area contributed by atoms with Gasteiger partial charge in [-0.25, -0.2) is 0 Å². The van der Waals surface area contributed by atoms with Crippen LogP contribution in [0.15, 0.2) is 42.5 Å². The molecule has 18 heavy (non-hydrogen) atoms. The van der Waals surface area contributed by atoms with Crippen molar-refractivity contribution in [2.75, 3.05) is 0 Å². The van der Waals surface area contributed by atoms with Crippen molar-refractivity contribution in [2.45, 2.75) is 33.3 Å². The molecule has 0 amide bonds. The van der Waals surface area contributed by atoms with Crippen LogP contribution in [0.5, 0.6) is 0 Å². The Bertz CT molecular complexity index is 541. The van der Waals surface area contributed by atoms with Gasteiger partial charge >= 0.3 is 0 Å². The highest BCUT2D eigenvalue weighted by Gasteiger charge is 2.05. The quantitative estimate of drug-likeness (QED) is 0.849. The van der Waals surface area contributed by atoms with Crippen molar-refractivity contribution in [1.29, 1.82) is 0 Å². The number of aryl methyl sites for hydroxylation is 1. The van der Waals surface area contributed by atoms with Crippen molar-refractivity contribution in [1.82, 2.24) is 0 Å². The molecule has 0 aliphatic heterocycles. The fourth-order valence-electron chi connectivity index (χ4n) is 2.14. The van der Waals surface area contributed by atoms with Gasteiger partial charge in [0, 0.05) is 0 Å².